The summed E-state index contributed by atoms with van der Waals surface area (Å²) < 4.78 is 7.17. The van der Waals surface area contributed by atoms with Crippen LogP contribution in [0.3, 0.4) is 0 Å². The average molecular weight is 415 g/mol. The number of rotatable bonds is 5. The first kappa shape index (κ1) is 20.1. The second kappa shape index (κ2) is 8.27. The maximum atomic E-state index is 12.8. The monoisotopic (exact) mass is 415 g/mol. The molecule has 0 aliphatic carbocycles. The fourth-order valence-corrected chi connectivity index (χ4v) is 3.32. The van der Waals surface area contributed by atoms with Gasteiger partial charge in [0.15, 0.2) is 0 Å². The SMILES string of the molecule is COc1ccc(C(=O)Nc2ccc(-c3nc(C)cc(=O)[nH]3)cc2)cc1-c1ccnn1C. The van der Waals surface area contributed by atoms with Gasteiger partial charge in [0.2, 0.25) is 0 Å². The molecule has 0 unspecified atom stereocenters. The minimum absolute atomic E-state index is 0.205. The summed E-state index contributed by atoms with van der Waals surface area (Å²) in [6.45, 7) is 1.77. The summed E-state index contributed by atoms with van der Waals surface area (Å²) in [5, 5.41) is 7.08. The Bertz CT molecular complexity index is 1310. The third-order valence-corrected chi connectivity index (χ3v) is 4.84. The van der Waals surface area contributed by atoms with E-state index in [0.717, 1.165) is 16.8 Å². The molecule has 156 valence electrons. The lowest BCUT2D eigenvalue weighted by atomic mass is 10.1. The van der Waals surface area contributed by atoms with Gasteiger partial charge in [0, 0.05) is 47.4 Å². The third-order valence-electron chi connectivity index (χ3n) is 4.84. The van der Waals surface area contributed by atoms with Crippen molar-refractivity contribution in [2.75, 3.05) is 12.4 Å². The number of aromatic amines is 1. The first-order chi connectivity index (χ1) is 14.9. The van der Waals surface area contributed by atoms with E-state index in [1.807, 2.05) is 13.1 Å². The van der Waals surface area contributed by atoms with Crippen LogP contribution in [-0.4, -0.2) is 32.8 Å². The van der Waals surface area contributed by atoms with Crippen molar-refractivity contribution in [1.29, 1.82) is 0 Å². The number of amides is 1. The lowest BCUT2D eigenvalue weighted by Gasteiger charge is -2.12. The summed E-state index contributed by atoms with van der Waals surface area (Å²) in [6, 6.07) is 15.7. The van der Waals surface area contributed by atoms with Crippen molar-refractivity contribution in [2.45, 2.75) is 6.92 Å². The van der Waals surface area contributed by atoms with Gasteiger partial charge in [0.25, 0.3) is 11.5 Å². The van der Waals surface area contributed by atoms with Crippen LogP contribution < -0.4 is 15.6 Å². The minimum Gasteiger partial charge on any atom is -0.496 e. The van der Waals surface area contributed by atoms with E-state index in [0.29, 0.717) is 28.5 Å². The van der Waals surface area contributed by atoms with Gasteiger partial charge in [0.05, 0.1) is 12.8 Å². The van der Waals surface area contributed by atoms with Crippen LogP contribution in [0.25, 0.3) is 22.6 Å². The highest BCUT2D eigenvalue weighted by molar-refractivity contribution is 6.05. The number of anilines is 1. The molecule has 0 spiro atoms. The Morgan fingerprint density at radius 2 is 1.87 bits per heavy atom. The number of hydrogen-bond donors (Lipinski definition) is 2. The zero-order valence-corrected chi connectivity index (χ0v) is 17.3. The molecule has 0 aliphatic rings. The predicted molar refractivity (Wildman–Crippen MR) is 118 cm³/mol. The van der Waals surface area contributed by atoms with Crippen molar-refractivity contribution in [2.24, 2.45) is 7.05 Å². The Morgan fingerprint density at radius 1 is 1.10 bits per heavy atom. The van der Waals surface area contributed by atoms with E-state index < -0.39 is 0 Å². The molecule has 0 aliphatic heterocycles. The molecule has 0 atom stereocenters. The third kappa shape index (κ3) is 4.23. The first-order valence-corrected chi connectivity index (χ1v) is 9.61. The number of methoxy groups -OCH3 is 1. The molecule has 0 radical (unpaired) electrons. The van der Waals surface area contributed by atoms with Crippen LogP contribution in [0.15, 0.2) is 65.6 Å². The fourth-order valence-electron chi connectivity index (χ4n) is 3.32. The number of aryl methyl sites for hydroxylation is 2. The maximum Gasteiger partial charge on any atom is 0.255 e. The van der Waals surface area contributed by atoms with Crippen LogP contribution >= 0.6 is 0 Å². The highest BCUT2D eigenvalue weighted by atomic mass is 16.5. The Kier molecular flexibility index (Phi) is 5.36. The molecule has 0 fully saturated rings. The van der Waals surface area contributed by atoms with Crippen molar-refractivity contribution in [3.05, 3.63) is 82.4 Å². The number of carbonyl (C=O) groups excluding carboxylic acids is 1. The van der Waals surface area contributed by atoms with Gasteiger partial charge in [-0.3, -0.25) is 14.3 Å². The topological polar surface area (TPSA) is 102 Å². The molecule has 2 N–H and O–H groups in total. The van der Waals surface area contributed by atoms with Crippen LogP contribution in [0.4, 0.5) is 5.69 Å². The lowest BCUT2D eigenvalue weighted by Crippen LogP contribution is -2.12. The highest BCUT2D eigenvalue weighted by Crippen LogP contribution is 2.30. The zero-order valence-electron chi connectivity index (χ0n) is 17.3. The number of aromatic nitrogens is 4. The van der Waals surface area contributed by atoms with Gasteiger partial charge in [-0.1, -0.05) is 0 Å². The number of benzene rings is 2. The Morgan fingerprint density at radius 3 is 2.52 bits per heavy atom. The number of ether oxygens (including phenoxy) is 1. The second-order valence-corrected chi connectivity index (χ2v) is 7.02. The molecule has 1 amide bonds. The van der Waals surface area contributed by atoms with E-state index >= 15 is 0 Å². The standard InChI is InChI=1S/C23H21N5O3/c1-14-12-21(29)27-22(25-14)15-4-7-17(8-5-15)26-23(30)16-6-9-20(31-3)18(13-16)19-10-11-24-28(19)2/h4-13H,1-3H3,(H,26,30)(H,25,27,29). The number of nitrogens with zero attached hydrogens (tertiary/aromatic N) is 3. The summed E-state index contributed by atoms with van der Waals surface area (Å²) in [5.41, 5.74) is 3.92. The molecule has 31 heavy (non-hydrogen) atoms. The van der Waals surface area contributed by atoms with Gasteiger partial charge in [-0.25, -0.2) is 4.98 Å². The second-order valence-electron chi connectivity index (χ2n) is 7.02. The van der Waals surface area contributed by atoms with Gasteiger partial charge in [-0.05, 0) is 55.5 Å². The predicted octanol–water partition coefficient (Wildman–Crippen LogP) is 3.41. The Labute approximate surface area is 178 Å². The van der Waals surface area contributed by atoms with Crippen LogP contribution in [0.2, 0.25) is 0 Å². The lowest BCUT2D eigenvalue weighted by molar-refractivity contribution is 0.102. The molecular weight excluding hydrogens is 394 g/mol. The van der Waals surface area contributed by atoms with Crippen molar-refractivity contribution in [3.63, 3.8) is 0 Å². The highest BCUT2D eigenvalue weighted by Gasteiger charge is 2.14. The molecule has 0 saturated carbocycles. The van der Waals surface area contributed by atoms with E-state index in [2.05, 4.69) is 20.4 Å². The molecular formula is C23H21N5O3. The number of hydrogen-bond acceptors (Lipinski definition) is 5. The summed E-state index contributed by atoms with van der Waals surface area (Å²) in [4.78, 5) is 31.5. The van der Waals surface area contributed by atoms with E-state index in [1.54, 1.807) is 67.4 Å². The Hall–Kier alpha value is -4.20. The van der Waals surface area contributed by atoms with Gasteiger partial charge in [-0.15, -0.1) is 0 Å². The number of nitrogens with one attached hydrogen (secondary N) is 2. The van der Waals surface area contributed by atoms with Crippen LogP contribution in [-0.2, 0) is 7.05 Å². The van der Waals surface area contributed by atoms with E-state index in [9.17, 15) is 9.59 Å². The largest absolute Gasteiger partial charge is 0.496 e. The summed E-state index contributed by atoms with van der Waals surface area (Å²) in [6.07, 6.45) is 1.69. The molecule has 0 saturated heterocycles. The number of H-pyrrole nitrogens is 1. The van der Waals surface area contributed by atoms with Crippen LogP contribution in [0.5, 0.6) is 5.75 Å². The number of carbonyl (C=O) groups is 1. The smallest absolute Gasteiger partial charge is 0.255 e. The minimum atomic E-state index is -0.249. The quantitative estimate of drug-likeness (QED) is 0.520. The van der Waals surface area contributed by atoms with E-state index in [-0.39, 0.29) is 11.5 Å². The first-order valence-electron chi connectivity index (χ1n) is 9.61. The molecule has 2 heterocycles. The van der Waals surface area contributed by atoms with E-state index in [1.165, 1.54) is 6.07 Å². The van der Waals surface area contributed by atoms with Crippen molar-refractivity contribution >= 4 is 11.6 Å². The molecule has 4 aromatic rings. The average Bonchev–Trinajstić information content (AvgIpc) is 3.18. The molecule has 8 heteroatoms. The molecule has 2 aromatic heterocycles. The summed E-state index contributed by atoms with van der Waals surface area (Å²) in [5.74, 6) is 0.893. The van der Waals surface area contributed by atoms with Gasteiger partial charge in [-0.2, -0.15) is 5.10 Å². The van der Waals surface area contributed by atoms with Crippen molar-refractivity contribution in [1.82, 2.24) is 19.7 Å². The molecule has 0 bridgehead atoms. The molecule has 4 rings (SSSR count). The van der Waals surface area contributed by atoms with E-state index in [4.69, 9.17) is 4.74 Å². The molecule has 8 nitrogen and oxygen atoms in total. The normalized spacial score (nSPS) is 10.7. The van der Waals surface area contributed by atoms with Gasteiger partial charge in [0.1, 0.15) is 11.6 Å². The van der Waals surface area contributed by atoms with Crippen LogP contribution in [0, 0.1) is 6.92 Å². The zero-order chi connectivity index (χ0) is 22.0. The summed E-state index contributed by atoms with van der Waals surface area (Å²) >= 11 is 0. The Balaban J connectivity index is 1.57. The van der Waals surface area contributed by atoms with Gasteiger partial charge >= 0.3 is 0 Å². The van der Waals surface area contributed by atoms with Crippen LogP contribution in [0.1, 0.15) is 16.1 Å². The molecule has 2 aromatic carbocycles. The summed E-state index contributed by atoms with van der Waals surface area (Å²) in [7, 11) is 3.42. The van der Waals surface area contributed by atoms with Crippen molar-refractivity contribution in [3.8, 4) is 28.4 Å². The van der Waals surface area contributed by atoms with Crippen molar-refractivity contribution < 1.29 is 9.53 Å². The van der Waals surface area contributed by atoms with Gasteiger partial charge < -0.3 is 15.0 Å². The fraction of sp³-hybridized carbons (Fsp3) is 0.130. The maximum absolute atomic E-state index is 12.8.